The highest BCUT2D eigenvalue weighted by molar-refractivity contribution is 6.01. The fourth-order valence-corrected chi connectivity index (χ4v) is 5.15. The molecule has 2 N–H and O–H groups in total. The molecule has 8 nitrogen and oxygen atoms in total. The maximum atomic E-state index is 12.9. The third kappa shape index (κ3) is 6.33. The third-order valence-corrected chi connectivity index (χ3v) is 6.86. The van der Waals surface area contributed by atoms with Crippen LogP contribution < -0.4 is 29.6 Å². The molecule has 36 heavy (non-hydrogen) atoms. The summed E-state index contributed by atoms with van der Waals surface area (Å²) in [7, 11) is 0. The Morgan fingerprint density at radius 2 is 1.06 bits per heavy atom. The van der Waals surface area contributed by atoms with E-state index in [1.807, 2.05) is 38.1 Å². The van der Waals surface area contributed by atoms with Crippen LogP contribution in [0.15, 0.2) is 24.3 Å². The Hall–Kier alpha value is -3.16. The summed E-state index contributed by atoms with van der Waals surface area (Å²) in [5.74, 6) is 1.00. The Balaban J connectivity index is 1.68. The fourth-order valence-electron chi connectivity index (χ4n) is 5.15. The van der Waals surface area contributed by atoms with Gasteiger partial charge in [0.15, 0.2) is 11.5 Å². The lowest BCUT2D eigenvalue weighted by atomic mass is 9.96. The van der Waals surface area contributed by atoms with Gasteiger partial charge in [0, 0.05) is 22.9 Å². The second-order valence-electron chi connectivity index (χ2n) is 9.47. The van der Waals surface area contributed by atoms with Crippen molar-refractivity contribution in [3.8, 4) is 23.0 Å². The molecule has 0 spiro atoms. The molecule has 2 fully saturated rings. The van der Waals surface area contributed by atoms with Crippen molar-refractivity contribution >= 4 is 23.0 Å². The zero-order valence-corrected chi connectivity index (χ0v) is 21.4. The molecule has 2 amide bonds. The second kappa shape index (κ2) is 12.7. The van der Waals surface area contributed by atoms with Gasteiger partial charge in [0.2, 0.25) is 11.5 Å². The number of hydrogen-bond acceptors (Lipinski definition) is 6. The topological polar surface area (TPSA) is 95.1 Å². The van der Waals surface area contributed by atoms with Crippen LogP contribution in [-0.4, -0.2) is 37.5 Å². The van der Waals surface area contributed by atoms with E-state index in [-0.39, 0.29) is 35.1 Å². The van der Waals surface area contributed by atoms with E-state index in [1.54, 1.807) is 0 Å². The summed E-state index contributed by atoms with van der Waals surface area (Å²) < 4.78 is 23.6. The predicted molar refractivity (Wildman–Crippen MR) is 138 cm³/mol. The van der Waals surface area contributed by atoms with Crippen LogP contribution in [-0.2, 0) is 0 Å². The summed E-state index contributed by atoms with van der Waals surface area (Å²) in [6.45, 7) is 4.31. The van der Waals surface area contributed by atoms with Gasteiger partial charge in [-0.3, -0.25) is 0 Å². The lowest BCUT2D eigenvalue weighted by Gasteiger charge is -2.25. The lowest BCUT2D eigenvalue weighted by Crippen LogP contribution is -2.38. The molecule has 2 aromatic carbocycles. The number of hydrogen-bond donors (Lipinski definition) is 2. The van der Waals surface area contributed by atoms with E-state index in [0.29, 0.717) is 24.0 Å². The molecular weight excluding hydrogens is 460 g/mol. The number of fused-ring (bicyclic) bond motifs is 1. The second-order valence-corrected chi connectivity index (χ2v) is 9.47. The summed E-state index contributed by atoms with van der Waals surface area (Å²) in [4.78, 5) is 25.8. The molecule has 0 bridgehead atoms. The summed E-state index contributed by atoms with van der Waals surface area (Å²) >= 11 is 0. The van der Waals surface area contributed by atoms with Crippen molar-refractivity contribution in [3.05, 3.63) is 24.3 Å². The zero-order valence-electron chi connectivity index (χ0n) is 21.4. The molecular formula is C28H38N2O6. The smallest absolute Gasteiger partial charge is 0.412 e. The molecule has 0 atom stereocenters. The molecule has 0 unspecified atom stereocenters. The molecule has 2 aromatic rings. The standard InChI is InChI=1S/C28H38N2O6/c1-3-33-25-23(35-27(31)29-19-13-7-5-8-14-19)21-17-11-12-18-22(21)24(26(25)34-4-2)36-28(32)30-20-15-9-6-10-16-20/h11-12,17-20H,3-10,13-16H2,1-2H3,(H,29,31)(H,30,32). The quantitative estimate of drug-likeness (QED) is 0.433. The van der Waals surface area contributed by atoms with Crippen LogP contribution in [0.3, 0.4) is 0 Å². The molecule has 0 radical (unpaired) electrons. The number of carbonyl (C=O) groups is 2. The number of nitrogens with one attached hydrogen (secondary N) is 2. The Kier molecular flexibility index (Phi) is 9.14. The van der Waals surface area contributed by atoms with Gasteiger partial charge in [-0.05, 0) is 39.5 Å². The summed E-state index contributed by atoms with van der Waals surface area (Å²) in [5, 5.41) is 7.19. The maximum Gasteiger partial charge on any atom is 0.412 e. The highest BCUT2D eigenvalue weighted by Gasteiger charge is 2.29. The lowest BCUT2D eigenvalue weighted by molar-refractivity contribution is 0.184. The monoisotopic (exact) mass is 498 g/mol. The normalized spacial score (nSPS) is 16.8. The van der Waals surface area contributed by atoms with Gasteiger partial charge in [0.25, 0.3) is 0 Å². The first kappa shape index (κ1) is 25.9. The number of amides is 2. The van der Waals surface area contributed by atoms with Crippen LogP contribution in [0.4, 0.5) is 9.59 Å². The van der Waals surface area contributed by atoms with E-state index in [4.69, 9.17) is 18.9 Å². The van der Waals surface area contributed by atoms with Gasteiger partial charge in [-0.1, -0.05) is 62.8 Å². The van der Waals surface area contributed by atoms with E-state index in [9.17, 15) is 9.59 Å². The molecule has 8 heteroatoms. The third-order valence-electron chi connectivity index (χ3n) is 6.86. The van der Waals surface area contributed by atoms with E-state index < -0.39 is 12.2 Å². The summed E-state index contributed by atoms with van der Waals surface area (Å²) in [6.07, 6.45) is 9.51. The van der Waals surface area contributed by atoms with Gasteiger partial charge in [-0.15, -0.1) is 0 Å². The SMILES string of the molecule is CCOc1c(OCC)c(OC(=O)NC2CCCCC2)c2ccccc2c1OC(=O)NC1CCCCC1. The molecule has 2 aliphatic carbocycles. The first-order valence-electron chi connectivity index (χ1n) is 13.4. The minimum Gasteiger partial charge on any atom is -0.487 e. The molecule has 2 saturated carbocycles. The number of ether oxygens (including phenoxy) is 4. The van der Waals surface area contributed by atoms with Crippen LogP contribution in [0.5, 0.6) is 23.0 Å². The molecule has 0 aromatic heterocycles. The van der Waals surface area contributed by atoms with Crippen LogP contribution in [0.1, 0.15) is 78.1 Å². The first-order chi connectivity index (χ1) is 17.6. The van der Waals surface area contributed by atoms with Gasteiger partial charge in [-0.2, -0.15) is 0 Å². The maximum absolute atomic E-state index is 12.9. The Bertz CT molecular complexity index is 962. The largest absolute Gasteiger partial charge is 0.487 e. The molecule has 0 aliphatic heterocycles. The highest BCUT2D eigenvalue weighted by atomic mass is 16.6. The fraction of sp³-hybridized carbons (Fsp3) is 0.571. The summed E-state index contributed by atoms with van der Waals surface area (Å²) in [5.41, 5.74) is 0. The van der Waals surface area contributed by atoms with E-state index in [0.717, 1.165) is 51.4 Å². The zero-order chi connectivity index (χ0) is 25.3. The predicted octanol–water partition coefficient (Wildman–Crippen LogP) is 6.48. The van der Waals surface area contributed by atoms with Crippen LogP contribution >= 0.6 is 0 Å². The molecule has 4 rings (SSSR count). The Labute approximate surface area is 213 Å². The number of benzene rings is 2. The summed E-state index contributed by atoms with van der Waals surface area (Å²) in [6, 6.07) is 7.54. The van der Waals surface area contributed by atoms with Gasteiger partial charge < -0.3 is 29.6 Å². The van der Waals surface area contributed by atoms with Crippen molar-refractivity contribution in [1.82, 2.24) is 10.6 Å². The number of carbonyl (C=O) groups excluding carboxylic acids is 2. The van der Waals surface area contributed by atoms with Crippen molar-refractivity contribution in [2.75, 3.05) is 13.2 Å². The average molecular weight is 499 g/mol. The average Bonchev–Trinajstić information content (AvgIpc) is 2.89. The molecule has 2 aliphatic rings. The van der Waals surface area contributed by atoms with Crippen LogP contribution in [0, 0.1) is 0 Å². The molecule has 0 heterocycles. The minimum atomic E-state index is -0.529. The Morgan fingerprint density at radius 1 is 0.667 bits per heavy atom. The Morgan fingerprint density at radius 3 is 1.42 bits per heavy atom. The van der Waals surface area contributed by atoms with Crippen molar-refractivity contribution in [2.45, 2.75) is 90.1 Å². The van der Waals surface area contributed by atoms with Gasteiger partial charge >= 0.3 is 12.2 Å². The van der Waals surface area contributed by atoms with Crippen molar-refractivity contribution in [3.63, 3.8) is 0 Å². The van der Waals surface area contributed by atoms with Crippen LogP contribution in [0.2, 0.25) is 0 Å². The van der Waals surface area contributed by atoms with E-state index in [1.165, 1.54) is 12.8 Å². The van der Waals surface area contributed by atoms with Gasteiger partial charge in [-0.25, -0.2) is 9.59 Å². The minimum absolute atomic E-state index is 0.102. The van der Waals surface area contributed by atoms with Gasteiger partial charge in [0.05, 0.1) is 13.2 Å². The first-order valence-corrected chi connectivity index (χ1v) is 13.4. The van der Waals surface area contributed by atoms with E-state index >= 15 is 0 Å². The van der Waals surface area contributed by atoms with Crippen LogP contribution in [0.25, 0.3) is 10.8 Å². The highest BCUT2D eigenvalue weighted by Crippen LogP contribution is 2.51. The van der Waals surface area contributed by atoms with Crippen molar-refractivity contribution in [2.24, 2.45) is 0 Å². The number of rotatable bonds is 8. The van der Waals surface area contributed by atoms with Crippen molar-refractivity contribution in [1.29, 1.82) is 0 Å². The van der Waals surface area contributed by atoms with E-state index in [2.05, 4.69) is 10.6 Å². The molecule has 0 saturated heterocycles. The van der Waals surface area contributed by atoms with Crippen molar-refractivity contribution < 1.29 is 28.5 Å². The van der Waals surface area contributed by atoms with Gasteiger partial charge in [0.1, 0.15) is 0 Å². The molecule has 196 valence electrons.